The lowest BCUT2D eigenvalue weighted by Crippen LogP contribution is -2.30. The van der Waals surface area contributed by atoms with E-state index in [4.69, 9.17) is 23.2 Å². The van der Waals surface area contributed by atoms with Gasteiger partial charge < -0.3 is 4.90 Å². The molecule has 0 unspecified atom stereocenters. The molecule has 0 atom stereocenters. The number of rotatable bonds is 4. The van der Waals surface area contributed by atoms with Crippen molar-refractivity contribution in [3.63, 3.8) is 0 Å². The van der Waals surface area contributed by atoms with E-state index in [2.05, 4.69) is 0 Å². The van der Waals surface area contributed by atoms with Crippen LogP contribution in [0, 0.1) is 0 Å². The van der Waals surface area contributed by atoms with E-state index in [9.17, 15) is 4.79 Å². The third-order valence-corrected chi connectivity index (χ3v) is 3.61. The third-order valence-electron chi connectivity index (χ3n) is 3.04. The zero-order valence-corrected chi connectivity index (χ0v) is 12.7. The molecule has 1 amide bonds. The van der Waals surface area contributed by atoms with Crippen LogP contribution in [0.1, 0.15) is 22.8 Å². The molecule has 0 aliphatic carbocycles. The first-order chi connectivity index (χ1) is 9.61. The molecule has 4 heteroatoms. The second-order valence-corrected chi connectivity index (χ2v) is 5.27. The van der Waals surface area contributed by atoms with E-state index in [1.165, 1.54) is 0 Å². The Morgan fingerprint density at radius 1 is 1.10 bits per heavy atom. The average Bonchev–Trinajstić information content (AvgIpc) is 2.47. The molecule has 0 saturated carbocycles. The molecule has 0 saturated heterocycles. The maximum absolute atomic E-state index is 12.5. The van der Waals surface area contributed by atoms with Gasteiger partial charge >= 0.3 is 0 Å². The zero-order valence-electron chi connectivity index (χ0n) is 11.1. The summed E-state index contributed by atoms with van der Waals surface area (Å²) >= 11 is 12.0. The first kappa shape index (κ1) is 14.9. The fourth-order valence-corrected chi connectivity index (χ4v) is 2.33. The SMILES string of the molecule is CCN(Cc1ccccc1)C(=O)c1cc(Cl)ccc1Cl. The summed E-state index contributed by atoms with van der Waals surface area (Å²) in [5, 5.41) is 0.930. The van der Waals surface area contributed by atoms with Crippen LogP contribution in [0.15, 0.2) is 48.5 Å². The zero-order chi connectivity index (χ0) is 14.5. The Kier molecular flexibility index (Phi) is 5.05. The molecule has 20 heavy (non-hydrogen) atoms. The largest absolute Gasteiger partial charge is 0.335 e. The lowest BCUT2D eigenvalue weighted by atomic mass is 10.1. The normalized spacial score (nSPS) is 10.3. The van der Waals surface area contributed by atoms with Gasteiger partial charge in [-0.15, -0.1) is 0 Å². The van der Waals surface area contributed by atoms with Crippen LogP contribution in [0.4, 0.5) is 0 Å². The fraction of sp³-hybridized carbons (Fsp3) is 0.188. The molecule has 2 nitrogen and oxygen atoms in total. The number of carbonyl (C=O) groups is 1. The highest BCUT2D eigenvalue weighted by Crippen LogP contribution is 2.22. The summed E-state index contributed by atoms with van der Waals surface area (Å²) in [6, 6.07) is 14.8. The minimum atomic E-state index is -0.108. The van der Waals surface area contributed by atoms with E-state index in [0.29, 0.717) is 28.7 Å². The van der Waals surface area contributed by atoms with Gasteiger partial charge in [-0.2, -0.15) is 0 Å². The smallest absolute Gasteiger partial charge is 0.255 e. The number of halogens is 2. The van der Waals surface area contributed by atoms with E-state index in [1.54, 1.807) is 23.1 Å². The number of amides is 1. The highest BCUT2D eigenvalue weighted by molar-refractivity contribution is 6.35. The van der Waals surface area contributed by atoms with Crippen LogP contribution in [-0.2, 0) is 6.54 Å². The Bertz CT molecular complexity index is 599. The maximum atomic E-state index is 12.5. The number of benzene rings is 2. The van der Waals surface area contributed by atoms with Gasteiger partial charge in [-0.3, -0.25) is 4.79 Å². The Labute approximate surface area is 128 Å². The highest BCUT2D eigenvalue weighted by Gasteiger charge is 2.17. The molecule has 2 aromatic carbocycles. The van der Waals surface area contributed by atoms with Crippen molar-refractivity contribution in [3.8, 4) is 0 Å². The number of hydrogen-bond acceptors (Lipinski definition) is 1. The average molecular weight is 308 g/mol. The van der Waals surface area contributed by atoms with Crippen LogP contribution in [0.25, 0.3) is 0 Å². The minimum Gasteiger partial charge on any atom is -0.335 e. The van der Waals surface area contributed by atoms with Crippen LogP contribution in [0.3, 0.4) is 0 Å². The minimum absolute atomic E-state index is 0.108. The van der Waals surface area contributed by atoms with Gasteiger partial charge in [0.25, 0.3) is 5.91 Å². The van der Waals surface area contributed by atoms with Gasteiger partial charge in [0.15, 0.2) is 0 Å². The van der Waals surface area contributed by atoms with E-state index in [0.717, 1.165) is 5.56 Å². The first-order valence-corrected chi connectivity index (χ1v) is 7.15. The van der Waals surface area contributed by atoms with Gasteiger partial charge in [0, 0.05) is 18.1 Å². The highest BCUT2D eigenvalue weighted by atomic mass is 35.5. The molecule has 0 bridgehead atoms. The summed E-state index contributed by atoms with van der Waals surface area (Å²) < 4.78 is 0. The molecule has 0 spiro atoms. The topological polar surface area (TPSA) is 20.3 Å². The lowest BCUT2D eigenvalue weighted by Gasteiger charge is -2.21. The van der Waals surface area contributed by atoms with Crippen molar-refractivity contribution in [1.82, 2.24) is 4.90 Å². The fourth-order valence-electron chi connectivity index (χ4n) is 1.96. The van der Waals surface area contributed by atoms with Crippen molar-refractivity contribution in [2.45, 2.75) is 13.5 Å². The van der Waals surface area contributed by atoms with Gasteiger partial charge in [0.05, 0.1) is 10.6 Å². The van der Waals surface area contributed by atoms with Gasteiger partial charge in [0.1, 0.15) is 0 Å². The maximum Gasteiger partial charge on any atom is 0.255 e. The molecule has 0 aromatic heterocycles. The molecule has 0 aliphatic heterocycles. The third kappa shape index (κ3) is 3.53. The monoisotopic (exact) mass is 307 g/mol. The van der Waals surface area contributed by atoms with Crippen LogP contribution < -0.4 is 0 Å². The van der Waals surface area contributed by atoms with Gasteiger partial charge in [-0.05, 0) is 30.7 Å². The van der Waals surface area contributed by atoms with Crippen molar-refractivity contribution in [1.29, 1.82) is 0 Å². The molecule has 0 heterocycles. The molecule has 0 fully saturated rings. The molecule has 2 aromatic rings. The van der Waals surface area contributed by atoms with Gasteiger partial charge in [0.2, 0.25) is 0 Å². The van der Waals surface area contributed by atoms with Crippen LogP contribution >= 0.6 is 23.2 Å². The van der Waals surface area contributed by atoms with Crippen molar-refractivity contribution in [2.24, 2.45) is 0 Å². The van der Waals surface area contributed by atoms with Crippen molar-refractivity contribution >= 4 is 29.1 Å². The number of nitrogens with zero attached hydrogens (tertiary/aromatic N) is 1. The van der Waals surface area contributed by atoms with E-state index < -0.39 is 0 Å². The van der Waals surface area contributed by atoms with E-state index >= 15 is 0 Å². The van der Waals surface area contributed by atoms with Crippen LogP contribution in [0.2, 0.25) is 10.0 Å². The van der Waals surface area contributed by atoms with Crippen molar-refractivity contribution < 1.29 is 4.79 Å². The van der Waals surface area contributed by atoms with Gasteiger partial charge in [-0.1, -0.05) is 53.5 Å². The summed E-state index contributed by atoms with van der Waals surface area (Å²) in [5.41, 5.74) is 1.53. The van der Waals surface area contributed by atoms with Crippen molar-refractivity contribution in [2.75, 3.05) is 6.54 Å². The summed E-state index contributed by atoms with van der Waals surface area (Å²) in [7, 11) is 0. The molecular formula is C16H15Cl2NO. The van der Waals surface area contributed by atoms with Gasteiger partial charge in [-0.25, -0.2) is 0 Å². The lowest BCUT2D eigenvalue weighted by molar-refractivity contribution is 0.0753. The summed E-state index contributed by atoms with van der Waals surface area (Å²) in [5.74, 6) is -0.108. The molecule has 104 valence electrons. The van der Waals surface area contributed by atoms with E-state index in [1.807, 2.05) is 37.3 Å². The molecular weight excluding hydrogens is 293 g/mol. The van der Waals surface area contributed by atoms with E-state index in [-0.39, 0.29) is 5.91 Å². The first-order valence-electron chi connectivity index (χ1n) is 6.40. The molecule has 0 N–H and O–H groups in total. The Balaban J connectivity index is 2.23. The Hall–Kier alpha value is -1.51. The second kappa shape index (κ2) is 6.78. The van der Waals surface area contributed by atoms with Crippen LogP contribution in [-0.4, -0.2) is 17.4 Å². The van der Waals surface area contributed by atoms with Crippen molar-refractivity contribution in [3.05, 3.63) is 69.7 Å². The quantitative estimate of drug-likeness (QED) is 0.804. The number of hydrogen-bond donors (Lipinski definition) is 0. The molecule has 2 rings (SSSR count). The Morgan fingerprint density at radius 2 is 1.80 bits per heavy atom. The number of carbonyl (C=O) groups excluding carboxylic acids is 1. The second-order valence-electron chi connectivity index (χ2n) is 4.43. The predicted molar refractivity (Wildman–Crippen MR) is 83.3 cm³/mol. The Morgan fingerprint density at radius 3 is 2.45 bits per heavy atom. The summed E-state index contributed by atoms with van der Waals surface area (Å²) in [6.07, 6.45) is 0. The summed E-state index contributed by atoms with van der Waals surface area (Å²) in [6.45, 7) is 3.11. The molecule has 0 aliphatic rings. The predicted octanol–water partition coefficient (Wildman–Crippen LogP) is 4.66. The molecule has 0 radical (unpaired) electrons. The standard InChI is InChI=1S/C16H15Cl2NO/c1-2-19(11-12-6-4-3-5-7-12)16(20)14-10-13(17)8-9-15(14)18/h3-10H,2,11H2,1H3. The summed E-state index contributed by atoms with van der Waals surface area (Å²) in [4.78, 5) is 14.3. The van der Waals surface area contributed by atoms with Crippen LogP contribution in [0.5, 0.6) is 0 Å².